The van der Waals surface area contributed by atoms with Crippen LogP contribution in [0.5, 0.6) is 0 Å². The Balaban J connectivity index is 1.24. The van der Waals surface area contributed by atoms with Gasteiger partial charge in [-0.3, -0.25) is 9.59 Å². The number of hydrogen-bond acceptors (Lipinski definition) is 4. The standard InChI is InChI=1S/C22H30N4O3/c1-16(27)17-2-6-20(7-3-17)24-12-14-25(15-13-24)21(28)18-8-10-26(11-9-18)22(29)23-19-4-5-19/h2-3,6-7,18-19H,4-5,8-15H2,1H3,(H,23,29). The summed E-state index contributed by atoms with van der Waals surface area (Å²) in [6.45, 7) is 5.94. The predicted octanol–water partition coefficient (Wildman–Crippen LogP) is 2.12. The van der Waals surface area contributed by atoms with Crippen molar-refractivity contribution in [3.05, 3.63) is 29.8 Å². The lowest BCUT2D eigenvalue weighted by atomic mass is 9.95. The summed E-state index contributed by atoms with van der Waals surface area (Å²) in [5.74, 6) is 0.336. The van der Waals surface area contributed by atoms with E-state index in [1.807, 2.05) is 34.1 Å². The number of hydrogen-bond donors (Lipinski definition) is 1. The largest absolute Gasteiger partial charge is 0.368 e. The van der Waals surface area contributed by atoms with Crippen LogP contribution in [0.3, 0.4) is 0 Å². The van der Waals surface area contributed by atoms with Gasteiger partial charge >= 0.3 is 6.03 Å². The smallest absolute Gasteiger partial charge is 0.317 e. The fraction of sp³-hybridized carbons (Fsp3) is 0.591. The number of Topliss-reactive ketones (excluding diaryl/α,β-unsaturated/α-hetero) is 1. The minimum Gasteiger partial charge on any atom is -0.368 e. The number of rotatable bonds is 4. The van der Waals surface area contributed by atoms with Crippen LogP contribution in [0, 0.1) is 5.92 Å². The molecule has 2 saturated heterocycles. The van der Waals surface area contributed by atoms with E-state index in [0.717, 1.165) is 63.1 Å². The highest BCUT2D eigenvalue weighted by Gasteiger charge is 2.33. The molecule has 3 amide bonds. The van der Waals surface area contributed by atoms with Gasteiger partial charge in [-0.1, -0.05) is 0 Å². The number of nitrogens with zero attached hydrogens (tertiary/aromatic N) is 3. The van der Waals surface area contributed by atoms with E-state index in [1.54, 1.807) is 6.92 Å². The van der Waals surface area contributed by atoms with Gasteiger partial charge in [0.2, 0.25) is 5.91 Å². The van der Waals surface area contributed by atoms with Crippen molar-refractivity contribution < 1.29 is 14.4 Å². The van der Waals surface area contributed by atoms with E-state index in [4.69, 9.17) is 0 Å². The molecule has 1 N–H and O–H groups in total. The topological polar surface area (TPSA) is 73.0 Å². The van der Waals surface area contributed by atoms with Crippen LogP contribution in [0.15, 0.2) is 24.3 Å². The number of piperidine rings is 1. The monoisotopic (exact) mass is 398 g/mol. The van der Waals surface area contributed by atoms with Crippen LogP contribution in [0.25, 0.3) is 0 Å². The van der Waals surface area contributed by atoms with Gasteiger partial charge in [0, 0.05) is 62.5 Å². The Hall–Kier alpha value is -2.57. The number of carbonyl (C=O) groups is 3. The second-order valence-corrected chi connectivity index (χ2v) is 8.40. The molecule has 29 heavy (non-hydrogen) atoms. The second-order valence-electron chi connectivity index (χ2n) is 8.40. The molecule has 2 aliphatic heterocycles. The normalized spacial score (nSPS) is 20.5. The first-order valence-corrected chi connectivity index (χ1v) is 10.7. The van der Waals surface area contributed by atoms with E-state index in [2.05, 4.69) is 10.2 Å². The molecule has 4 rings (SSSR count). The highest BCUT2D eigenvalue weighted by Crippen LogP contribution is 2.24. The molecule has 0 atom stereocenters. The Morgan fingerprint density at radius 2 is 1.45 bits per heavy atom. The van der Waals surface area contributed by atoms with Gasteiger partial charge in [-0.05, 0) is 56.9 Å². The first-order valence-electron chi connectivity index (χ1n) is 10.7. The third kappa shape index (κ3) is 4.71. The maximum atomic E-state index is 12.9. The molecule has 0 spiro atoms. The molecule has 0 radical (unpaired) electrons. The van der Waals surface area contributed by atoms with Crippen LogP contribution in [0.1, 0.15) is 43.0 Å². The number of ketones is 1. The van der Waals surface area contributed by atoms with Gasteiger partial charge in [0.1, 0.15) is 0 Å². The molecule has 7 nitrogen and oxygen atoms in total. The van der Waals surface area contributed by atoms with Crippen LogP contribution in [0.4, 0.5) is 10.5 Å². The Morgan fingerprint density at radius 3 is 2.00 bits per heavy atom. The van der Waals surface area contributed by atoms with E-state index >= 15 is 0 Å². The van der Waals surface area contributed by atoms with Crippen LogP contribution in [-0.2, 0) is 4.79 Å². The fourth-order valence-electron chi connectivity index (χ4n) is 4.17. The number of piperazine rings is 1. The first kappa shape index (κ1) is 19.7. The van der Waals surface area contributed by atoms with Crippen molar-refractivity contribution >= 4 is 23.4 Å². The second kappa shape index (κ2) is 8.43. The van der Waals surface area contributed by atoms with Gasteiger partial charge in [0.25, 0.3) is 0 Å². The van der Waals surface area contributed by atoms with E-state index in [1.165, 1.54) is 0 Å². The summed E-state index contributed by atoms with van der Waals surface area (Å²) >= 11 is 0. The molecule has 156 valence electrons. The van der Waals surface area contributed by atoms with Crippen molar-refractivity contribution in [2.24, 2.45) is 5.92 Å². The van der Waals surface area contributed by atoms with Gasteiger partial charge in [0.05, 0.1) is 0 Å². The number of benzene rings is 1. The summed E-state index contributed by atoms with van der Waals surface area (Å²) in [5, 5.41) is 3.03. The van der Waals surface area contributed by atoms with Crippen LogP contribution < -0.4 is 10.2 Å². The molecule has 0 unspecified atom stereocenters. The molecule has 1 aliphatic carbocycles. The summed E-state index contributed by atoms with van der Waals surface area (Å²) < 4.78 is 0. The summed E-state index contributed by atoms with van der Waals surface area (Å²) in [6, 6.07) is 8.09. The molecular weight excluding hydrogens is 368 g/mol. The zero-order chi connectivity index (χ0) is 20.4. The zero-order valence-electron chi connectivity index (χ0n) is 17.1. The maximum Gasteiger partial charge on any atom is 0.317 e. The van der Waals surface area contributed by atoms with Crippen molar-refractivity contribution in [1.29, 1.82) is 0 Å². The Labute approximate surface area is 172 Å². The number of urea groups is 1. The minimum atomic E-state index is 0.0291. The third-order valence-corrected chi connectivity index (χ3v) is 6.27. The summed E-state index contributed by atoms with van der Waals surface area (Å²) in [5.41, 5.74) is 1.82. The Bertz CT molecular complexity index is 759. The maximum absolute atomic E-state index is 12.9. The van der Waals surface area contributed by atoms with E-state index in [-0.39, 0.29) is 23.6 Å². The van der Waals surface area contributed by atoms with Crippen molar-refractivity contribution in [2.45, 2.75) is 38.6 Å². The summed E-state index contributed by atoms with van der Waals surface area (Å²) in [4.78, 5) is 42.6. The number of carbonyl (C=O) groups excluding carboxylic acids is 3. The average molecular weight is 399 g/mol. The van der Waals surface area contributed by atoms with Crippen molar-refractivity contribution in [1.82, 2.24) is 15.1 Å². The quantitative estimate of drug-likeness (QED) is 0.789. The molecule has 3 aliphatic rings. The van der Waals surface area contributed by atoms with Crippen molar-refractivity contribution in [3.63, 3.8) is 0 Å². The lowest BCUT2D eigenvalue weighted by Crippen LogP contribution is -2.52. The zero-order valence-corrected chi connectivity index (χ0v) is 17.1. The van der Waals surface area contributed by atoms with Gasteiger partial charge in [0.15, 0.2) is 5.78 Å². The Kier molecular flexibility index (Phi) is 5.74. The number of likely N-dealkylation sites (tertiary alicyclic amines) is 1. The molecule has 3 fully saturated rings. The first-order chi connectivity index (χ1) is 14.0. The molecule has 1 aromatic rings. The lowest BCUT2D eigenvalue weighted by molar-refractivity contribution is -0.137. The van der Waals surface area contributed by atoms with Crippen LogP contribution in [0.2, 0.25) is 0 Å². The van der Waals surface area contributed by atoms with E-state index in [0.29, 0.717) is 19.1 Å². The average Bonchev–Trinajstić information content (AvgIpc) is 3.57. The van der Waals surface area contributed by atoms with Gasteiger partial charge in [-0.15, -0.1) is 0 Å². The highest BCUT2D eigenvalue weighted by molar-refractivity contribution is 5.94. The van der Waals surface area contributed by atoms with Crippen LogP contribution >= 0.6 is 0 Å². The SMILES string of the molecule is CC(=O)c1ccc(N2CCN(C(=O)C3CCN(C(=O)NC4CC4)CC3)CC2)cc1. The van der Waals surface area contributed by atoms with Crippen LogP contribution in [-0.4, -0.2) is 72.8 Å². The molecular formula is C22H30N4O3. The molecule has 7 heteroatoms. The summed E-state index contributed by atoms with van der Waals surface area (Å²) in [7, 11) is 0. The summed E-state index contributed by atoms with van der Waals surface area (Å²) in [6.07, 6.45) is 3.69. The Morgan fingerprint density at radius 1 is 0.828 bits per heavy atom. The van der Waals surface area contributed by atoms with Crippen molar-refractivity contribution in [3.8, 4) is 0 Å². The van der Waals surface area contributed by atoms with E-state index in [9.17, 15) is 14.4 Å². The van der Waals surface area contributed by atoms with Gasteiger partial charge in [-0.2, -0.15) is 0 Å². The fourth-order valence-corrected chi connectivity index (χ4v) is 4.17. The number of amides is 3. The minimum absolute atomic E-state index is 0.0291. The highest BCUT2D eigenvalue weighted by atomic mass is 16.2. The van der Waals surface area contributed by atoms with E-state index < -0.39 is 0 Å². The number of anilines is 1. The molecule has 0 aromatic heterocycles. The molecule has 0 bridgehead atoms. The van der Waals surface area contributed by atoms with Crippen molar-refractivity contribution in [2.75, 3.05) is 44.2 Å². The van der Waals surface area contributed by atoms with Gasteiger partial charge < -0.3 is 20.0 Å². The lowest BCUT2D eigenvalue weighted by Gasteiger charge is -2.39. The van der Waals surface area contributed by atoms with Gasteiger partial charge in [-0.25, -0.2) is 4.79 Å². The molecule has 1 aromatic carbocycles. The predicted molar refractivity (Wildman–Crippen MR) is 111 cm³/mol. The third-order valence-electron chi connectivity index (χ3n) is 6.27. The molecule has 2 heterocycles. The number of nitrogens with one attached hydrogen (secondary N) is 1. The molecule has 1 saturated carbocycles.